The third-order valence-electron chi connectivity index (χ3n) is 3.82. The molecule has 1 aromatic rings. The number of benzene rings is 1. The van der Waals surface area contributed by atoms with E-state index >= 15 is 0 Å². The van der Waals surface area contributed by atoms with Crippen molar-refractivity contribution in [3.8, 4) is 0 Å². The molecule has 1 aliphatic rings. The molecule has 1 aliphatic carbocycles. The summed E-state index contributed by atoms with van der Waals surface area (Å²) in [5.41, 5.74) is 7.69. The molecule has 1 aromatic carbocycles. The Morgan fingerprint density at radius 3 is 2.19 bits per heavy atom. The second kappa shape index (κ2) is 6.27. The van der Waals surface area contributed by atoms with E-state index in [0.29, 0.717) is 5.41 Å². The van der Waals surface area contributed by atoms with Crippen LogP contribution in [-0.4, -0.2) is 6.54 Å². The highest BCUT2D eigenvalue weighted by Crippen LogP contribution is 2.41. The Balaban J connectivity index is 0.00000128. The molecule has 90 valence electrons. The molecule has 1 nitrogen and oxygen atoms in total. The summed E-state index contributed by atoms with van der Waals surface area (Å²) in [6.07, 6.45) is 7.95. The highest BCUT2D eigenvalue weighted by atomic mass is 35.5. The van der Waals surface area contributed by atoms with Crippen LogP contribution >= 0.6 is 12.4 Å². The maximum absolute atomic E-state index is 5.78. The average Bonchev–Trinajstić information content (AvgIpc) is 2.32. The van der Waals surface area contributed by atoms with Crippen molar-refractivity contribution in [2.45, 2.75) is 43.9 Å². The molecule has 2 rings (SSSR count). The summed E-state index contributed by atoms with van der Waals surface area (Å²) in [5, 5.41) is 0. The Morgan fingerprint density at radius 2 is 1.62 bits per heavy atom. The molecule has 0 radical (unpaired) electrons. The molecule has 16 heavy (non-hydrogen) atoms. The molecule has 1 saturated carbocycles. The van der Waals surface area contributed by atoms with Gasteiger partial charge in [-0.2, -0.15) is 0 Å². The number of hydrogen-bond acceptors (Lipinski definition) is 1. The minimum atomic E-state index is 0. The fourth-order valence-electron chi connectivity index (χ4n) is 2.98. The van der Waals surface area contributed by atoms with Gasteiger partial charge in [0.2, 0.25) is 0 Å². The van der Waals surface area contributed by atoms with Crippen LogP contribution in [0, 0.1) is 0 Å². The number of hydrogen-bond donors (Lipinski definition) is 1. The highest BCUT2D eigenvalue weighted by molar-refractivity contribution is 5.85. The minimum absolute atomic E-state index is 0. The van der Waals surface area contributed by atoms with Gasteiger partial charge in [-0.15, -0.1) is 12.4 Å². The van der Waals surface area contributed by atoms with Crippen molar-refractivity contribution in [2.75, 3.05) is 6.54 Å². The molecule has 0 unspecified atom stereocenters. The maximum atomic E-state index is 5.78. The normalized spacial score (nSPS) is 18.8. The van der Waals surface area contributed by atoms with Crippen LogP contribution in [0.15, 0.2) is 30.3 Å². The maximum Gasteiger partial charge on any atom is -0.00350 e. The predicted octanol–water partition coefficient (Wildman–Crippen LogP) is 3.66. The van der Waals surface area contributed by atoms with E-state index in [1.54, 1.807) is 0 Å². The summed E-state index contributed by atoms with van der Waals surface area (Å²) in [7, 11) is 0. The Kier molecular flexibility index (Phi) is 5.30. The quantitative estimate of drug-likeness (QED) is 0.856. The first-order valence-electron chi connectivity index (χ1n) is 6.13. The summed E-state index contributed by atoms with van der Waals surface area (Å²) in [6.45, 7) is 0.814. The van der Waals surface area contributed by atoms with Crippen molar-refractivity contribution >= 4 is 12.4 Å². The monoisotopic (exact) mass is 239 g/mol. The van der Waals surface area contributed by atoms with E-state index in [4.69, 9.17) is 5.73 Å². The summed E-state index contributed by atoms with van der Waals surface area (Å²) in [6, 6.07) is 11.0. The molecule has 2 heteroatoms. The first-order chi connectivity index (χ1) is 7.37. The van der Waals surface area contributed by atoms with Gasteiger partial charge in [-0.05, 0) is 36.8 Å². The summed E-state index contributed by atoms with van der Waals surface area (Å²) in [4.78, 5) is 0. The molecule has 0 saturated heterocycles. The number of nitrogens with two attached hydrogens (primary N) is 1. The van der Waals surface area contributed by atoms with Gasteiger partial charge >= 0.3 is 0 Å². The van der Waals surface area contributed by atoms with Crippen LogP contribution in [0.3, 0.4) is 0 Å². The molecular formula is C14H22ClN. The van der Waals surface area contributed by atoms with Gasteiger partial charge in [-0.1, -0.05) is 49.6 Å². The highest BCUT2D eigenvalue weighted by Gasteiger charge is 2.32. The molecule has 0 aliphatic heterocycles. The van der Waals surface area contributed by atoms with Gasteiger partial charge in [0, 0.05) is 0 Å². The van der Waals surface area contributed by atoms with Gasteiger partial charge in [0.05, 0.1) is 0 Å². The topological polar surface area (TPSA) is 26.0 Å². The molecule has 2 N–H and O–H groups in total. The molecule has 0 spiro atoms. The predicted molar refractivity (Wildman–Crippen MR) is 72.1 cm³/mol. The zero-order valence-corrected chi connectivity index (χ0v) is 10.6. The van der Waals surface area contributed by atoms with Crippen LogP contribution < -0.4 is 5.73 Å². The fourth-order valence-corrected chi connectivity index (χ4v) is 2.98. The second-order valence-electron chi connectivity index (χ2n) is 4.75. The molecule has 0 atom stereocenters. The van der Waals surface area contributed by atoms with Crippen LogP contribution in [0.25, 0.3) is 0 Å². The third-order valence-corrected chi connectivity index (χ3v) is 3.82. The van der Waals surface area contributed by atoms with E-state index in [0.717, 1.165) is 13.0 Å². The van der Waals surface area contributed by atoms with E-state index in [1.165, 1.54) is 37.7 Å². The van der Waals surface area contributed by atoms with Crippen LogP contribution in [0.2, 0.25) is 0 Å². The SMILES string of the molecule is Cl.NCCC1(c2ccccc2)CCCCC1. The summed E-state index contributed by atoms with van der Waals surface area (Å²) in [5.74, 6) is 0. The first-order valence-corrected chi connectivity index (χ1v) is 6.13. The Hall–Kier alpha value is -0.530. The molecule has 0 amide bonds. The lowest BCUT2D eigenvalue weighted by molar-refractivity contribution is 0.277. The number of halogens is 1. The van der Waals surface area contributed by atoms with Crippen molar-refractivity contribution in [1.29, 1.82) is 0 Å². The standard InChI is InChI=1S/C14H21N.ClH/c15-12-11-14(9-5-2-6-10-14)13-7-3-1-4-8-13;/h1,3-4,7-8H,2,5-6,9-12,15H2;1H. The van der Waals surface area contributed by atoms with Crippen molar-refractivity contribution < 1.29 is 0 Å². The molecular weight excluding hydrogens is 218 g/mol. The third kappa shape index (κ3) is 2.78. The lowest BCUT2D eigenvalue weighted by atomic mass is 9.67. The van der Waals surface area contributed by atoms with Crippen molar-refractivity contribution in [2.24, 2.45) is 5.73 Å². The first kappa shape index (κ1) is 13.5. The molecule has 1 fully saturated rings. The number of rotatable bonds is 3. The van der Waals surface area contributed by atoms with E-state index < -0.39 is 0 Å². The fraction of sp³-hybridized carbons (Fsp3) is 0.571. The van der Waals surface area contributed by atoms with E-state index in [9.17, 15) is 0 Å². The zero-order valence-electron chi connectivity index (χ0n) is 9.82. The Morgan fingerprint density at radius 1 is 1.00 bits per heavy atom. The van der Waals surface area contributed by atoms with E-state index in [-0.39, 0.29) is 12.4 Å². The van der Waals surface area contributed by atoms with Crippen molar-refractivity contribution in [3.63, 3.8) is 0 Å². The van der Waals surface area contributed by atoms with Gasteiger partial charge in [0.15, 0.2) is 0 Å². The van der Waals surface area contributed by atoms with Gasteiger partial charge < -0.3 is 5.73 Å². The van der Waals surface area contributed by atoms with Gasteiger partial charge in [0.25, 0.3) is 0 Å². The van der Waals surface area contributed by atoms with Crippen molar-refractivity contribution in [1.82, 2.24) is 0 Å². The zero-order chi connectivity index (χ0) is 10.6. The smallest absolute Gasteiger partial charge is 0.00350 e. The van der Waals surface area contributed by atoms with Crippen LogP contribution in [0.4, 0.5) is 0 Å². The molecule has 0 bridgehead atoms. The minimum Gasteiger partial charge on any atom is -0.330 e. The van der Waals surface area contributed by atoms with E-state index in [1.807, 2.05) is 0 Å². The van der Waals surface area contributed by atoms with E-state index in [2.05, 4.69) is 30.3 Å². The lowest BCUT2D eigenvalue weighted by Gasteiger charge is -2.37. The van der Waals surface area contributed by atoms with Gasteiger partial charge in [0.1, 0.15) is 0 Å². The van der Waals surface area contributed by atoms with Crippen LogP contribution in [0.5, 0.6) is 0 Å². The summed E-state index contributed by atoms with van der Waals surface area (Å²) >= 11 is 0. The Labute approximate surface area is 105 Å². The largest absolute Gasteiger partial charge is 0.330 e. The van der Waals surface area contributed by atoms with Gasteiger partial charge in [-0.25, -0.2) is 0 Å². The molecule has 0 aromatic heterocycles. The lowest BCUT2D eigenvalue weighted by Crippen LogP contribution is -2.31. The van der Waals surface area contributed by atoms with Gasteiger partial charge in [-0.3, -0.25) is 0 Å². The molecule has 0 heterocycles. The second-order valence-corrected chi connectivity index (χ2v) is 4.75. The summed E-state index contributed by atoms with van der Waals surface area (Å²) < 4.78 is 0. The average molecular weight is 240 g/mol. The van der Waals surface area contributed by atoms with Crippen LogP contribution in [-0.2, 0) is 5.41 Å². The Bertz CT molecular complexity index is 285. The van der Waals surface area contributed by atoms with Crippen molar-refractivity contribution in [3.05, 3.63) is 35.9 Å². The van der Waals surface area contributed by atoms with Crippen LogP contribution in [0.1, 0.15) is 44.1 Å².